The molecular formula is C32H37N5O3. The summed E-state index contributed by atoms with van der Waals surface area (Å²) in [4.78, 5) is 41.4. The third kappa shape index (κ3) is 5.32. The molecule has 1 spiro atoms. The molecule has 2 amide bonds. The number of piperidine rings is 1. The summed E-state index contributed by atoms with van der Waals surface area (Å²) >= 11 is 0. The van der Waals surface area contributed by atoms with Crippen molar-refractivity contribution in [2.75, 3.05) is 46.4 Å². The van der Waals surface area contributed by atoms with Crippen LogP contribution in [0, 0.1) is 11.3 Å². The van der Waals surface area contributed by atoms with Gasteiger partial charge in [0, 0.05) is 51.0 Å². The molecule has 0 saturated carbocycles. The van der Waals surface area contributed by atoms with Gasteiger partial charge in [-0.15, -0.1) is 0 Å². The van der Waals surface area contributed by atoms with Crippen molar-refractivity contribution in [1.29, 1.82) is 0 Å². The van der Waals surface area contributed by atoms with Gasteiger partial charge in [-0.2, -0.15) is 0 Å². The number of hydrogen-bond acceptors (Lipinski definition) is 6. The standard InChI is InChI=1S/C32H37N5O3/c1-40-28-9-7-24(8-10-28)19-36-16-13-32(31(36)39)11-14-35(15-12-32)20-27-21-37(30(38)26-17-33-23-34-18-26)22-29(27)25-5-3-2-4-6-25/h2-10,17-18,23,27,29H,11-16,19-22H2,1H3. The molecule has 8 heteroatoms. The molecule has 0 N–H and O–H groups in total. The predicted octanol–water partition coefficient (Wildman–Crippen LogP) is 3.86. The average molecular weight is 540 g/mol. The summed E-state index contributed by atoms with van der Waals surface area (Å²) < 4.78 is 5.27. The molecule has 0 aliphatic carbocycles. The lowest BCUT2D eigenvalue weighted by molar-refractivity contribution is -0.139. The molecule has 0 radical (unpaired) electrons. The van der Waals surface area contributed by atoms with Crippen molar-refractivity contribution in [3.05, 3.63) is 90.0 Å². The summed E-state index contributed by atoms with van der Waals surface area (Å²) in [7, 11) is 1.67. The van der Waals surface area contributed by atoms with Crippen molar-refractivity contribution in [2.45, 2.75) is 31.7 Å². The van der Waals surface area contributed by atoms with Crippen LogP contribution >= 0.6 is 0 Å². The summed E-state index contributed by atoms with van der Waals surface area (Å²) in [5.74, 6) is 1.75. The van der Waals surface area contributed by atoms with Crippen molar-refractivity contribution < 1.29 is 14.3 Å². The number of aromatic nitrogens is 2. The van der Waals surface area contributed by atoms with Crippen LogP contribution in [0.1, 0.15) is 46.7 Å². The van der Waals surface area contributed by atoms with Gasteiger partial charge in [0.2, 0.25) is 5.91 Å². The molecule has 0 bridgehead atoms. The first-order valence-corrected chi connectivity index (χ1v) is 14.3. The number of benzene rings is 2. The smallest absolute Gasteiger partial charge is 0.257 e. The van der Waals surface area contributed by atoms with Gasteiger partial charge < -0.3 is 19.4 Å². The first kappa shape index (κ1) is 26.4. The van der Waals surface area contributed by atoms with Crippen LogP contribution in [0.4, 0.5) is 0 Å². The molecule has 3 aromatic rings. The Morgan fingerprint density at radius 2 is 1.65 bits per heavy atom. The lowest BCUT2D eigenvalue weighted by atomic mass is 9.76. The highest BCUT2D eigenvalue weighted by molar-refractivity contribution is 5.93. The largest absolute Gasteiger partial charge is 0.497 e. The minimum Gasteiger partial charge on any atom is -0.497 e. The molecule has 1 aromatic heterocycles. The summed E-state index contributed by atoms with van der Waals surface area (Å²) in [6.45, 7) is 5.65. The van der Waals surface area contributed by atoms with E-state index >= 15 is 0 Å². The number of ether oxygens (including phenoxy) is 1. The second kappa shape index (κ2) is 11.4. The fourth-order valence-corrected chi connectivity index (χ4v) is 6.85. The first-order valence-electron chi connectivity index (χ1n) is 14.3. The highest BCUT2D eigenvalue weighted by Gasteiger charge is 2.48. The van der Waals surface area contributed by atoms with Crippen LogP contribution in [0.2, 0.25) is 0 Å². The van der Waals surface area contributed by atoms with Gasteiger partial charge in [-0.25, -0.2) is 9.97 Å². The zero-order valence-electron chi connectivity index (χ0n) is 23.1. The fourth-order valence-electron chi connectivity index (χ4n) is 6.85. The monoisotopic (exact) mass is 539 g/mol. The van der Waals surface area contributed by atoms with E-state index in [9.17, 15) is 9.59 Å². The number of hydrogen-bond donors (Lipinski definition) is 0. The van der Waals surface area contributed by atoms with Gasteiger partial charge in [0.15, 0.2) is 0 Å². The van der Waals surface area contributed by atoms with E-state index in [1.807, 2.05) is 40.1 Å². The topological polar surface area (TPSA) is 78.9 Å². The predicted molar refractivity (Wildman–Crippen MR) is 152 cm³/mol. The number of carbonyl (C=O) groups is 2. The van der Waals surface area contributed by atoms with Crippen LogP contribution in [0.15, 0.2) is 73.3 Å². The van der Waals surface area contributed by atoms with E-state index < -0.39 is 0 Å². The third-order valence-corrected chi connectivity index (χ3v) is 9.20. The molecule has 2 atom stereocenters. The zero-order valence-corrected chi connectivity index (χ0v) is 23.1. The van der Waals surface area contributed by atoms with Crippen LogP contribution < -0.4 is 4.74 Å². The molecule has 2 unspecified atom stereocenters. The summed E-state index contributed by atoms with van der Waals surface area (Å²) in [6, 6.07) is 18.6. The maximum absolute atomic E-state index is 13.6. The Labute approximate surface area is 236 Å². The van der Waals surface area contributed by atoms with Gasteiger partial charge in [-0.1, -0.05) is 42.5 Å². The van der Waals surface area contributed by atoms with E-state index in [-0.39, 0.29) is 17.2 Å². The summed E-state index contributed by atoms with van der Waals surface area (Å²) in [5.41, 5.74) is 2.72. The van der Waals surface area contributed by atoms with Gasteiger partial charge in [0.05, 0.1) is 18.1 Å². The highest BCUT2D eigenvalue weighted by atomic mass is 16.5. The molecule has 3 saturated heterocycles. The van der Waals surface area contributed by atoms with Crippen LogP contribution in [0.3, 0.4) is 0 Å². The van der Waals surface area contributed by atoms with E-state index in [1.54, 1.807) is 19.5 Å². The summed E-state index contributed by atoms with van der Waals surface area (Å²) in [5, 5.41) is 0. The maximum atomic E-state index is 13.6. The quantitative estimate of drug-likeness (QED) is 0.454. The number of rotatable bonds is 7. The van der Waals surface area contributed by atoms with E-state index in [0.29, 0.717) is 37.0 Å². The van der Waals surface area contributed by atoms with Crippen LogP contribution in [0.5, 0.6) is 5.75 Å². The zero-order chi connectivity index (χ0) is 27.5. The summed E-state index contributed by atoms with van der Waals surface area (Å²) in [6.07, 6.45) is 7.39. The Morgan fingerprint density at radius 3 is 2.35 bits per heavy atom. The Kier molecular flexibility index (Phi) is 7.52. The van der Waals surface area contributed by atoms with Crippen molar-refractivity contribution in [3.63, 3.8) is 0 Å². The van der Waals surface area contributed by atoms with E-state index in [4.69, 9.17) is 4.74 Å². The Bertz CT molecular complexity index is 1310. The van der Waals surface area contributed by atoms with Gasteiger partial charge in [0.25, 0.3) is 5.91 Å². The number of amides is 2. The third-order valence-electron chi connectivity index (χ3n) is 9.20. The van der Waals surface area contributed by atoms with Crippen molar-refractivity contribution >= 4 is 11.8 Å². The maximum Gasteiger partial charge on any atom is 0.257 e. The first-order chi connectivity index (χ1) is 19.5. The van der Waals surface area contributed by atoms with Crippen molar-refractivity contribution in [2.24, 2.45) is 11.3 Å². The Morgan fingerprint density at radius 1 is 0.950 bits per heavy atom. The number of carbonyl (C=O) groups excluding carboxylic acids is 2. The molecule has 40 heavy (non-hydrogen) atoms. The molecule has 4 heterocycles. The Balaban J connectivity index is 1.09. The minimum atomic E-state index is -0.229. The van der Waals surface area contributed by atoms with E-state index in [2.05, 4.69) is 39.1 Å². The second-order valence-corrected chi connectivity index (χ2v) is 11.5. The SMILES string of the molecule is COc1ccc(CN2CCC3(CCN(CC4CN(C(=O)c5cncnc5)CC4c4ccccc4)CC3)C2=O)cc1. The van der Waals surface area contributed by atoms with E-state index in [0.717, 1.165) is 56.8 Å². The molecular weight excluding hydrogens is 502 g/mol. The molecule has 3 aliphatic heterocycles. The number of nitrogens with zero attached hydrogens (tertiary/aromatic N) is 5. The average Bonchev–Trinajstić information content (AvgIpc) is 3.56. The van der Waals surface area contributed by atoms with Gasteiger partial charge in [-0.3, -0.25) is 9.59 Å². The van der Waals surface area contributed by atoms with Crippen LogP contribution in [-0.2, 0) is 11.3 Å². The van der Waals surface area contributed by atoms with Gasteiger partial charge >= 0.3 is 0 Å². The lowest BCUT2D eigenvalue weighted by Gasteiger charge is -2.39. The highest BCUT2D eigenvalue weighted by Crippen LogP contribution is 2.43. The molecule has 6 rings (SSSR count). The number of methoxy groups -OCH3 is 1. The normalized spacial score (nSPS) is 22.7. The van der Waals surface area contributed by atoms with E-state index in [1.165, 1.54) is 11.9 Å². The van der Waals surface area contributed by atoms with Crippen LogP contribution in [0.25, 0.3) is 0 Å². The van der Waals surface area contributed by atoms with Crippen LogP contribution in [-0.4, -0.2) is 82.9 Å². The Hall–Kier alpha value is -3.78. The lowest BCUT2D eigenvalue weighted by Crippen LogP contribution is -2.46. The second-order valence-electron chi connectivity index (χ2n) is 11.5. The number of likely N-dealkylation sites (tertiary alicyclic amines) is 3. The molecule has 8 nitrogen and oxygen atoms in total. The van der Waals surface area contributed by atoms with Crippen molar-refractivity contribution in [3.8, 4) is 5.75 Å². The van der Waals surface area contributed by atoms with Crippen molar-refractivity contribution in [1.82, 2.24) is 24.7 Å². The molecule has 3 aliphatic rings. The minimum absolute atomic E-state index is 0.00451. The van der Waals surface area contributed by atoms with Gasteiger partial charge in [-0.05, 0) is 61.5 Å². The molecule has 3 fully saturated rings. The molecule has 2 aromatic carbocycles. The molecule has 208 valence electrons. The fraction of sp³-hybridized carbons (Fsp3) is 0.438. The van der Waals surface area contributed by atoms with Gasteiger partial charge in [0.1, 0.15) is 12.1 Å².